The van der Waals surface area contributed by atoms with Crippen LogP contribution in [0, 0.1) is 6.92 Å². The summed E-state index contributed by atoms with van der Waals surface area (Å²) in [6.07, 6.45) is -5.14. The van der Waals surface area contributed by atoms with E-state index in [1.165, 1.54) is 6.92 Å². The standard InChI is InChI=1S/C21H26O10S/c1-11-6-8-16(9-7-11)32(26)21-20(30-15(5)25)19(29-14(4)24)18(28-13(3)23)17(31-21)10-27-12(2)22/h6-9,17-21H,10H2,1-5H3/t17-,18+,19+,20-,21+,32?/m1/s1. The summed E-state index contributed by atoms with van der Waals surface area (Å²) in [7, 11) is -1.89. The number of hydrogen-bond acceptors (Lipinski definition) is 10. The number of esters is 4. The first-order valence-electron chi connectivity index (χ1n) is 9.77. The monoisotopic (exact) mass is 470 g/mol. The van der Waals surface area contributed by atoms with Crippen molar-refractivity contribution >= 4 is 34.7 Å². The van der Waals surface area contributed by atoms with Gasteiger partial charge in [-0.1, -0.05) is 17.7 Å². The minimum absolute atomic E-state index is 0.372. The molecule has 6 atom stereocenters. The molecular formula is C21H26O10S. The Morgan fingerprint density at radius 2 is 1.31 bits per heavy atom. The van der Waals surface area contributed by atoms with Crippen molar-refractivity contribution in [2.24, 2.45) is 0 Å². The van der Waals surface area contributed by atoms with Crippen LogP contribution >= 0.6 is 0 Å². The molecule has 0 spiro atoms. The molecule has 1 aromatic carbocycles. The van der Waals surface area contributed by atoms with Gasteiger partial charge in [-0.25, -0.2) is 0 Å². The van der Waals surface area contributed by atoms with Crippen molar-refractivity contribution in [1.29, 1.82) is 0 Å². The summed E-state index contributed by atoms with van der Waals surface area (Å²) in [6, 6.07) is 6.75. The molecule has 0 bridgehead atoms. The summed E-state index contributed by atoms with van der Waals surface area (Å²) in [5.74, 6) is -2.86. The third kappa shape index (κ3) is 6.86. The normalized spacial score (nSPS) is 25.8. The zero-order chi connectivity index (χ0) is 24.0. The van der Waals surface area contributed by atoms with Crippen molar-refractivity contribution in [2.75, 3.05) is 6.61 Å². The van der Waals surface area contributed by atoms with Gasteiger partial charge in [-0.15, -0.1) is 0 Å². The highest BCUT2D eigenvalue weighted by Crippen LogP contribution is 2.32. The second kappa shape index (κ2) is 11.2. The van der Waals surface area contributed by atoms with E-state index in [0.29, 0.717) is 4.90 Å². The van der Waals surface area contributed by atoms with Gasteiger partial charge >= 0.3 is 23.9 Å². The Bertz CT molecular complexity index is 881. The number of benzene rings is 1. The SMILES string of the molecule is CC(=O)OC[C@H]1O[C@@H](S(=O)c2ccc(C)cc2)[C@H](OC(C)=O)[C@@H](OC(C)=O)[C@H]1OC(C)=O. The molecule has 32 heavy (non-hydrogen) atoms. The molecule has 0 radical (unpaired) electrons. The highest BCUT2D eigenvalue weighted by atomic mass is 32.2. The average molecular weight is 470 g/mol. The molecule has 0 aliphatic carbocycles. The third-order valence-corrected chi connectivity index (χ3v) is 5.95. The van der Waals surface area contributed by atoms with Gasteiger partial charge in [0.05, 0.1) is 10.8 Å². The van der Waals surface area contributed by atoms with Gasteiger partial charge in [0.1, 0.15) is 12.7 Å². The van der Waals surface area contributed by atoms with Crippen molar-refractivity contribution < 1.29 is 47.1 Å². The molecule has 1 aliphatic rings. The fourth-order valence-corrected chi connectivity index (χ4v) is 4.54. The first-order chi connectivity index (χ1) is 15.0. The second-order valence-electron chi connectivity index (χ2n) is 7.18. The van der Waals surface area contributed by atoms with Crippen LogP contribution in [0.25, 0.3) is 0 Å². The number of carbonyl (C=O) groups excluding carboxylic acids is 4. The lowest BCUT2D eigenvalue weighted by atomic mass is 9.99. The molecule has 0 N–H and O–H groups in total. The Morgan fingerprint density at radius 3 is 1.81 bits per heavy atom. The Morgan fingerprint density at radius 1 is 0.812 bits per heavy atom. The summed E-state index contributed by atoms with van der Waals surface area (Å²) >= 11 is 0. The smallest absolute Gasteiger partial charge is 0.303 e. The van der Waals surface area contributed by atoms with Crippen LogP contribution in [0.1, 0.15) is 33.3 Å². The van der Waals surface area contributed by atoms with E-state index in [4.69, 9.17) is 23.7 Å². The van der Waals surface area contributed by atoms with Crippen LogP contribution in [-0.2, 0) is 53.7 Å². The Hall–Kier alpha value is -2.79. The minimum atomic E-state index is -1.89. The summed E-state index contributed by atoms with van der Waals surface area (Å²) in [6.45, 7) is 6.04. The maximum absolute atomic E-state index is 13.4. The molecule has 0 aromatic heterocycles. The van der Waals surface area contributed by atoms with Crippen molar-refractivity contribution in [3.63, 3.8) is 0 Å². The quantitative estimate of drug-likeness (QED) is 0.423. The van der Waals surface area contributed by atoms with Crippen molar-refractivity contribution in [1.82, 2.24) is 0 Å². The number of carbonyl (C=O) groups is 4. The first-order valence-corrected chi connectivity index (χ1v) is 11.0. The summed E-state index contributed by atoms with van der Waals surface area (Å²) in [4.78, 5) is 47.1. The molecular weight excluding hydrogens is 444 g/mol. The Balaban J connectivity index is 2.52. The van der Waals surface area contributed by atoms with Gasteiger partial charge in [-0.3, -0.25) is 23.4 Å². The van der Waals surface area contributed by atoms with Gasteiger partial charge in [0, 0.05) is 32.6 Å². The van der Waals surface area contributed by atoms with Gasteiger partial charge in [0.15, 0.2) is 23.7 Å². The zero-order valence-corrected chi connectivity index (χ0v) is 19.2. The van der Waals surface area contributed by atoms with Crippen molar-refractivity contribution in [3.05, 3.63) is 29.8 Å². The molecule has 10 nitrogen and oxygen atoms in total. The molecule has 176 valence electrons. The van der Waals surface area contributed by atoms with Crippen LogP contribution in [0.15, 0.2) is 29.2 Å². The van der Waals surface area contributed by atoms with E-state index in [9.17, 15) is 23.4 Å². The van der Waals surface area contributed by atoms with Crippen LogP contribution in [0.5, 0.6) is 0 Å². The summed E-state index contributed by atoms with van der Waals surface area (Å²) in [5, 5.41) is 0. The van der Waals surface area contributed by atoms with E-state index in [1.807, 2.05) is 6.92 Å². The highest BCUT2D eigenvalue weighted by molar-refractivity contribution is 7.85. The molecule has 1 fully saturated rings. The topological polar surface area (TPSA) is 132 Å². The van der Waals surface area contributed by atoms with Crippen LogP contribution in [0.4, 0.5) is 0 Å². The number of rotatable bonds is 7. The van der Waals surface area contributed by atoms with Crippen LogP contribution in [0.3, 0.4) is 0 Å². The molecule has 1 unspecified atom stereocenters. The predicted octanol–water partition coefficient (Wildman–Crippen LogP) is 1.19. The van der Waals surface area contributed by atoms with Crippen molar-refractivity contribution in [3.8, 4) is 0 Å². The fraction of sp³-hybridized carbons (Fsp3) is 0.524. The van der Waals surface area contributed by atoms with Gasteiger partial charge in [0.25, 0.3) is 0 Å². The van der Waals surface area contributed by atoms with E-state index in [0.717, 1.165) is 26.3 Å². The first kappa shape index (κ1) is 25.5. The van der Waals surface area contributed by atoms with Crippen LogP contribution < -0.4 is 0 Å². The molecule has 0 amide bonds. The lowest BCUT2D eigenvalue weighted by molar-refractivity contribution is -0.238. The molecule has 11 heteroatoms. The van der Waals surface area contributed by atoms with E-state index in [2.05, 4.69) is 0 Å². The number of hydrogen-bond donors (Lipinski definition) is 0. The maximum Gasteiger partial charge on any atom is 0.303 e. The highest BCUT2D eigenvalue weighted by Gasteiger charge is 2.54. The summed E-state index contributed by atoms with van der Waals surface area (Å²) in [5.41, 5.74) is -0.370. The molecule has 0 saturated carbocycles. The lowest BCUT2D eigenvalue weighted by Gasteiger charge is -2.43. The molecule has 1 saturated heterocycles. The fourth-order valence-electron chi connectivity index (χ4n) is 3.17. The Kier molecular flexibility index (Phi) is 8.90. The number of aryl methyl sites for hydroxylation is 1. The summed E-state index contributed by atoms with van der Waals surface area (Å²) < 4.78 is 40.3. The molecule has 1 aliphatic heterocycles. The molecule has 1 heterocycles. The predicted molar refractivity (Wildman–Crippen MR) is 110 cm³/mol. The van der Waals surface area contributed by atoms with Gasteiger partial charge in [0.2, 0.25) is 0 Å². The van der Waals surface area contributed by atoms with Crippen LogP contribution in [-0.4, -0.2) is 64.5 Å². The largest absolute Gasteiger partial charge is 0.463 e. The van der Waals surface area contributed by atoms with E-state index >= 15 is 0 Å². The van der Waals surface area contributed by atoms with Crippen molar-refractivity contribution in [2.45, 2.75) is 69.4 Å². The molecule has 2 rings (SSSR count). The lowest BCUT2D eigenvalue weighted by Crippen LogP contribution is -2.63. The molecule has 1 aromatic rings. The van der Waals surface area contributed by atoms with Gasteiger partial charge in [-0.05, 0) is 19.1 Å². The van der Waals surface area contributed by atoms with Gasteiger partial charge in [-0.2, -0.15) is 0 Å². The zero-order valence-electron chi connectivity index (χ0n) is 18.4. The second-order valence-corrected chi connectivity index (χ2v) is 8.71. The average Bonchev–Trinajstić information content (AvgIpc) is 2.68. The van der Waals surface area contributed by atoms with Gasteiger partial charge < -0.3 is 23.7 Å². The van der Waals surface area contributed by atoms with E-state index in [1.54, 1.807) is 24.3 Å². The Labute approximate surface area is 187 Å². The van der Waals surface area contributed by atoms with E-state index in [-0.39, 0.29) is 6.61 Å². The maximum atomic E-state index is 13.4. The number of ether oxygens (including phenoxy) is 5. The minimum Gasteiger partial charge on any atom is -0.463 e. The third-order valence-electron chi connectivity index (χ3n) is 4.41. The van der Waals surface area contributed by atoms with E-state index < -0.39 is 64.5 Å². The van der Waals surface area contributed by atoms with Crippen LogP contribution in [0.2, 0.25) is 0 Å².